The van der Waals surface area contributed by atoms with Gasteiger partial charge in [-0.05, 0) is 26.3 Å². The summed E-state index contributed by atoms with van der Waals surface area (Å²) in [6.07, 6.45) is 1.10. The van der Waals surface area contributed by atoms with Gasteiger partial charge in [-0.15, -0.1) is 0 Å². The highest BCUT2D eigenvalue weighted by Gasteiger charge is 2.22. The van der Waals surface area contributed by atoms with Gasteiger partial charge >= 0.3 is 0 Å². The summed E-state index contributed by atoms with van der Waals surface area (Å²) in [6, 6.07) is 0.916. The van der Waals surface area contributed by atoms with Crippen LogP contribution in [-0.4, -0.2) is 43.2 Å². The quantitative estimate of drug-likeness (QED) is 0.679. The predicted octanol–water partition coefficient (Wildman–Crippen LogP) is -0.178. The van der Waals surface area contributed by atoms with Crippen molar-refractivity contribution < 1.29 is 18.3 Å². The van der Waals surface area contributed by atoms with Gasteiger partial charge in [-0.1, -0.05) is 0 Å². The summed E-state index contributed by atoms with van der Waals surface area (Å²) >= 11 is 0. The van der Waals surface area contributed by atoms with Gasteiger partial charge in [0, 0.05) is 26.3 Å². The Morgan fingerprint density at radius 2 is 2.05 bits per heavy atom. The molecule has 0 aliphatic rings. The van der Waals surface area contributed by atoms with Crippen molar-refractivity contribution in [2.24, 2.45) is 7.05 Å². The van der Waals surface area contributed by atoms with E-state index >= 15 is 0 Å². The highest BCUT2D eigenvalue weighted by atomic mass is 32.2. The molecular formula is C12H21N3O4S. The van der Waals surface area contributed by atoms with Crippen LogP contribution in [-0.2, 0) is 17.1 Å². The Bertz CT molecular complexity index is 578. The number of carbonyl (C=O) groups is 1. The lowest BCUT2D eigenvalue weighted by atomic mass is 10.2. The first-order valence-corrected chi connectivity index (χ1v) is 7.74. The van der Waals surface area contributed by atoms with Crippen molar-refractivity contribution in [3.05, 3.63) is 18.0 Å². The first-order chi connectivity index (χ1) is 9.17. The zero-order chi connectivity index (χ0) is 15.5. The van der Waals surface area contributed by atoms with Crippen molar-refractivity contribution >= 4 is 15.9 Å². The molecule has 0 aromatic carbocycles. The van der Waals surface area contributed by atoms with E-state index < -0.39 is 22.2 Å². The van der Waals surface area contributed by atoms with Crippen LogP contribution in [0.25, 0.3) is 0 Å². The van der Waals surface area contributed by atoms with Gasteiger partial charge < -0.3 is 15.0 Å². The first-order valence-electron chi connectivity index (χ1n) is 6.26. The Labute approximate surface area is 119 Å². The van der Waals surface area contributed by atoms with Gasteiger partial charge in [-0.2, -0.15) is 0 Å². The predicted molar refractivity (Wildman–Crippen MR) is 74.9 cm³/mol. The van der Waals surface area contributed by atoms with Crippen LogP contribution in [0.5, 0.6) is 0 Å². The molecule has 0 saturated carbocycles. The number of aliphatic hydroxyl groups excluding tert-OH is 1. The molecule has 2 atom stereocenters. The maximum absolute atomic E-state index is 12.2. The molecule has 0 saturated heterocycles. The summed E-state index contributed by atoms with van der Waals surface area (Å²) in [6.45, 7) is 3.27. The number of carbonyl (C=O) groups excluding carboxylic acids is 1. The summed E-state index contributed by atoms with van der Waals surface area (Å²) in [5.41, 5.74) is 0.260. The van der Waals surface area contributed by atoms with Crippen molar-refractivity contribution in [1.82, 2.24) is 14.6 Å². The Morgan fingerprint density at radius 3 is 2.55 bits per heavy atom. The lowest BCUT2D eigenvalue weighted by Crippen LogP contribution is -2.34. The van der Waals surface area contributed by atoms with E-state index in [1.807, 2.05) is 0 Å². The summed E-state index contributed by atoms with van der Waals surface area (Å²) < 4.78 is 28.2. The number of nitrogens with one attached hydrogen (secondary N) is 2. The second-order valence-electron chi connectivity index (χ2n) is 4.86. The molecular weight excluding hydrogens is 282 g/mol. The van der Waals surface area contributed by atoms with Gasteiger partial charge in [0.1, 0.15) is 10.6 Å². The van der Waals surface area contributed by atoms with E-state index in [-0.39, 0.29) is 16.5 Å². The molecule has 0 spiro atoms. The number of hydrogen-bond acceptors (Lipinski definition) is 4. The number of aromatic nitrogens is 1. The van der Waals surface area contributed by atoms with Gasteiger partial charge in [-0.25, -0.2) is 13.1 Å². The minimum absolute atomic E-state index is 0.0241. The molecule has 1 aromatic rings. The zero-order valence-electron chi connectivity index (χ0n) is 12.0. The van der Waals surface area contributed by atoms with E-state index in [4.69, 9.17) is 0 Å². The van der Waals surface area contributed by atoms with E-state index in [1.165, 1.54) is 23.9 Å². The van der Waals surface area contributed by atoms with Crippen LogP contribution in [0.1, 0.15) is 30.8 Å². The van der Waals surface area contributed by atoms with Crippen LogP contribution in [0.2, 0.25) is 0 Å². The van der Waals surface area contributed by atoms with Gasteiger partial charge in [0.15, 0.2) is 0 Å². The molecule has 1 amide bonds. The fraction of sp³-hybridized carbons (Fsp3) is 0.583. The van der Waals surface area contributed by atoms with Crippen molar-refractivity contribution in [2.45, 2.75) is 37.3 Å². The minimum atomic E-state index is -3.71. The SMILES string of the molecule is CNC(=O)c1cc(S(=O)(=O)NC(C)CC(C)O)cn1C. The maximum atomic E-state index is 12.2. The topological polar surface area (TPSA) is 100 Å². The van der Waals surface area contributed by atoms with E-state index in [0.717, 1.165) is 0 Å². The number of aryl methyl sites for hydroxylation is 1. The fourth-order valence-corrected chi connectivity index (χ4v) is 3.25. The molecule has 1 heterocycles. The first kappa shape index (κ1) is 16.7. The lowest BCUT2D eigenvalue weighted by molar-refractivity contribution is 0.0955. The van der Waals surface area contributed by atoms with E-state index in [2.05, 4.69) is 10.0 Å². The molecule has 8 heteroatoms. The Kier molecular flexibility index (Phi) is 5.32. The highest BCUT2D eigenvalue weighted by molar-refractivity contribution is 7.89. The number of amides is 1. The average Bonchev–Trinajstić information content (AvgIpc) is 2.69. The third kappa shape index (κ3) is 4.06. The summed E-state index contributed by atoms with van der Waals surface area (Å²) in [5, 5.41) is 11.7. The number of aliphatic hydroxyl groups is 1. The molecule has 20 heavy (non-hydrogen) atoms. The van der Waals surface area contributed by atoms with E-state index in [0.29, 0.717) is 6.42 Å². The maximum Gasteiger partial charge on any atom is 0.267 e. The normalized spacial score (nSPS) is 14.8. The van der Waals surface area contributed by atoms with E-state index in [9.17, 15) is 18.3 Å². The van der Waals surface area contributed by atoms with Crippen molar-refractivity contribution in [3.63, 3.8) is 0 Å². The van der Waals surface area contributed by atoms with Gasteiger partial charge in [0.2, 0.25) is 10.0 Å². The number of sulfonamides is 1. The largest absolute Gasteiger partial charge is 0.393 e. The summed E-state index contributed by atoms with van der Waals surface area (Å²) in [5.74, 6) is -0.356. The molecule has 3 N–H and O–H groups in total. The zero-order valence-corrected chi connectivity index (χ0v) is 12.9. The molecule has 1 rings (SSSR count). The Balaban J connectivity index is 2.96. The molecule has 0 fully saturated rings. The van der Waals surface area contributed by atoms with Crippen LogP contribution >= 0.6 is 0 Å². The molecule has 2 unspecified atom stereocenters. The van der Waals surface area contributed by atoms with Crippen LogP contribution in [0.4, 0.5) is 0 Å². The molecule has 0 aliphatic carbocycles. The van der Waals surface area contributed by atoms with Crippen LogP contribution in [0.15, 0.2) is 17.2 Å². The van der Waals surface area contributed by atoms with Gasteiger partial charge in [-0.3, -0.25) is 4.79 Å². The van der Waals surface area contributed by atoms with Crippen LogP contribution in [0, 0.1) is 0 Å². The highest BCUT2D eigenvalue weighted by Crippen LogP contribution is 2.14. The number of hydrogen-bond donors (Lipinski definition) is 3. The van der Waals surface area contributed by atoms with E-state index in [1.54, 1.807) is 20.9 Å². The second kappa shape index (κ2) is 6.38. The molecule has 114 valence electrons. The Morgan fingerprint density at radius 1 is 1.45 bits per heavy atom. The number of rotatable bonds is 6. The molecule has 7 nitrogen and oxygen atoms in total. The molecule has 0 radical (unpaired) electrons. The smallest absolute Gasteiger partial charge is 0.267 e. The van der Waals surface area contributed by atoms with Gasteiger partial charge in [0.25, 0.3) is 5.91 Å². The van der Waals surface area contributed by atoms with Crippen molar-refractivity contribution in [1.29, 1.82) is 0 Å². The molecule has 0 bridgehead atoms. The average molecular weight is 303 g/mol. The third-order valence-corrected chi connectivity index (χ3v) is 4.36. The molecule has 1 aromatic heterocycles. The summed E-state index contributed by atoms with van der Waals surface area (Å²) in [4.78, 5) is 11.6. The summed E-state index contributed by atoms with van der Waals surface area (Å²) in [7, 11) is -0.632. The Hall–Kier alpha value is -1.38. The van der Waals surface area contributed by atoms with Crippen LogP contribution in [0.3, 0.4) is 0 Å². The number of nitrogens with zero attached hydrogens (tertiary/aromatic N) is 1. The van der Waals surface area contributed by atoms with Crippen molar-refractivity contribution in [3.8, 4) is 0 Å². The fourth-order valence-electron chi connectivity index (χ4n) is 1.93. The standard InChI is InChI=1S/C12H21N3O4S/c1-8(5-9(2)16)14-20(18,19)10-6-11(12(17)13-3)15(4)7-10/h6-9,14,16H,5H2,1-4H3,(H,13,17). The van der Waals surface area contributed by atoms with Gasteiger partial charge in [0.05, 0.1) is 6.10 Å². The lowest BCUT2D eigenvalue weighted by Gasteiger charge is -2.14. The molecule has 0 aliphatic heterocycles. The monoisotopic (exact) mass is 303 g/mol. The van der Waals surface area contributed by atoms with Crippen LogP contribution < -0.4 is 10.0 Å². The third-order valence-electron chi connectivity index (χ3n) is 2.80. The minimum Gasteiger partial charge on any atom is -0.393 e. The second-order valence-corrected chi connectivity index (χ2v) is 6.57. The van der Waals surface area contributed by atoms with Crippen molar-refractivity contribution in [2.75, 3.05) is 7.05 Å².